The molecule has 0 bridgehead atoms. The van der Waals surface area contributed by atoms with E-state index in [1.807, 2.05) is 12.1 Å². The first kappa shape index (κ1) is 11.2. The Balaban J connectivity index is 2.35. The highest BCUT2D eigenvalue weighted by molar-refractivity contribution is 9.10. The maximum absolute atomic E-state index is 5.97. The third-order valence-electron chi connectivity index (χ3n) is 1.95. The summed E-state index contributed by atoms with van der Waals surface area (Å²) in [6, 6.07) is 5.50. The van der Waals surface area contributed by atoms with E-state index in [1.54, 1.807) is 6.07 Å². The van der Waals surface area contributed by atoms with Crippen LogP contribution in [0.4, 0.5) is 17.2 Å². The van der Waals surface area contributed by atoms with Crippen molar-refractivity contribution in [1.29, 1.82) is 0 Å². The van der Waals surface area contributed by atoms with Crippen molar-refractivity contribution in [2.45, 2.75) is 0 Å². The molecule has 0 amide bonds. The molecule has 0 atom stereocenters. The van der Waals surface area contributed by atoms with Crippen molar-refractivity contribution < 1.29 is 0 Å². The summed E-state index contributed by atoms with van der Waals surface area (Å²) < 4.78 is 0.773. The molecule has 1 aromatic heterocycles. The van der Waals surface area contributed by atoms with Gasteiger partial charge in [0.05, 0.1) is 27.1 Å². The predicted molar refractivity (Wildman–Crippen MR) is 68.9 cm³/mol. The van der Waals surface area contributed by atoms with Gasteiger partial charge in [0, 0.05) is 0 Å². The van der Waals surface area contributed by atoms with Crippen LogP contribution in [0.15, 0.2) is 35.2 Å². The number of nitrogens with two attached hydrogens (primary N) is 1. The lowest BCUT2D eigenvalue weighted by atomic mass is 10.3. The Labute approximate surface area is 106 Å². The molecule has 0 saturated heterocycles. The maximum atomic E-state index is 5.97. The van der Waals surface area contributed by atoms with E-state index in [-0.39, 0.29) is 0 Å². The molecule has 4 nitrogen and oxygen atoms in total. The van der Waals surface area contributed by atoms with E-state index in [9.17, 15) is 0 Å². The Bertz CT molecular complexity index is 518. The minimum atomic E-state index is 0.481. The quantitative estimate of drug-likeness (QED) is 0.893. The van der Waals surface area contributed by atoms with Gasteiger partial charge in [-0.05, 0) is 28.1 Å². The van der Waals surface area contributed by atoms with Crippen molar-refractivity contribution in [3.05, 3.63) is 40.2 Å². The number of halogens is 2. The Kier molecular flexibility index (Phi) is 3.26. The van der Waals surface area contributed by atoms with E-state index in [0.717, 1.165) is 10.2 Å². The highest BCUT2D eigenvalue weighted by Crippen LogP contribution is 2.32. The Morgan fingerprint density at radius 3 is 2.94 bits per heavy atom. The fraction of sp³-hybridized carbons (Fsp3) is 0. The second kappa shape index (κ2) is 4.67. The van der Waals surface area contributed by atoms with Crippen LogP contribution in [0.25, 0.3) is 0 Å². The molecule has 16 heavy (non-hydrogen) atoms. The number of nitrogen functional groups attached to an aromatic ring is 1. The summed E-state index contributed by atoms with van der Waals surface area (Å²) in [7, 11) is 0. The Morgan fingerprint density at radius 1 is 1.38 bits per heavy atom. The molecule has 0 saturated carbocycles. The molecule has 3 N–H and O–H groups in total. The van der Waals surface area contributed by atoms with E-state index in [4.69, 9.17) is 17.3 Å². The van der Waals surface area contributed by atoms with E-state index >= 15 is 0 Å². The van der Waals surface area contributed by atoms with Crippen molar-refractivity contribution in [2.75, 3.05) is 11.1 Å². The first-order valence-electron chi connectivity index (χ1n) is 4.45. The van der Waals surface area contributed by atoms with Crippen LogP contribution in [0.2, 0.25) is 5.02 Å². The highest BCUT2D eigenvalue weighted by Gasteiger charge is 2.06. The van der Waals surface area contributed by atoms with Crippen LogP contribution in [0.1, 0.15) is 0 Å². The van der Waals surface area contributed by atoms with Crippen LogP contribution in [-0.2, 0) is 0 Å². The minimum Gasteiger partial charge on any atom is -0.394 e. The average Bonchev–Trinajstić information content (AvgIpc) is 2.28. The molecule has 0 aliphatic rings. The van der Waals surface area contributed by atoms with E-state index in [1.165, 1.54) is 12.5 Å². The number of aromatic nitrogens is 2. The monoisotopic (exact) mass is 298 g/mol. The zero-order valence-corrected chi connectivity index (χ0v) is 10.5. The van der Waals surface area contributed by atoms with Crippen molar-refractivity contribution in [2.24, 2.45) is 0 Å². The summed E-state index contributed by atoms with van der Waals surface area (Å²) >= 11 is 9.35. The minimum absolute atomic E-state index is 0.481. The van der Waals surface area contributed by atoms with Crippen molar-refractivity contribution in [3.8, 4) is 0 Å². The zero-order valence-electron chi connectivity index (χ0n) is 8.11. The summed E-state index contributed by atoms with van der Waals surface area (Å²) in [4.78, 5) is 7.85. The number of hydrogen-bond donors (Lipinski definition) is 2. The van der Waals surface area contributed by atoms with Gasteiger partial charge in [0.15, 0.2) is 5.82 Å². The van der Waals surface area contributed by atoms with Crippen LogP contribution in [0.3, 0.4) is 0 Å². The molecule has 2 rings (SSSR count). The third-order valence-corrected chi connectivity index (χ3v) is 3.34. The topological polar surface area (TPSA) is 63.8 Å². The lowest BCUT2D eigenvalue weighted by Crippen LogP contribution is -2.00. The maximum Gasteiger partial charge on any atom is 0.157 e. The molecule has 0 aliphatic heterocycles. The first-order valence-corrected chi connectivity index (χ1v) is 5.62. The van der Waals surface area contributed by atoms with E-state index in [2.05, 4.69) is 31.2 Å². The molecule has 2 aromatic rings. The van der Waals surface area contributed by atoms with Gasteiger partial charge in [-0.2, -0.15) is 0 Å². The lowest BCUT2D eigenvalue weighted by Gasteiger charge is -2.09. The van der Waals surface area contributed by atoms with Gasteiger partial charge >= 0.3 is 0 Å². The SMILES string of the molecule is Nc1cncnc1Nc1cccc(Cl)c1Br. The molecule has 0 aliphatic carbocycles. The van der Waals surface area contributed by atoms with Crippen LogP contribution >= 0.6 is 27.5 Å². The van der Waals surface area contributed by atoms with E-state index in [0.29, 0.717) is 16.5 Å². The molecule has 0 spiro atoms. The molecule has 1 aromatic carbocycles. The van der Waals surface area contributed by atoms with Gasteiger partial charge in [-0.3, -0.25) is 0 Å². The second-order valence-electron chi connectivity index (χ2n) is 3.05. The molecule has 0 unspecified atom stereocenters. The molecule has 6 heteroatoms. The van der Waals surface area contributed by atoms with Gasteiger partial charge in [0.1, 0.15) is 6.33 Å². The number of anilines is 3. The number of benzene rings is 1. The fourth-order valence-electron chi connectivity index (χ4n) is 1.17. The number of rotatable bonds is 2. The van der Waals surface area contributed by atoms with Gasteiger partial charge < -0.3 is 11.1 Å². The number of nitrogens with zero attached hydrogens (tertiary/aromatic N) is 2. The first-order chi connectivity index (χ1) is 7.68. The Hall–Kier alpha value is -1.33. The van der Waals surface area contributed by atoms with Gasteiger partial charge in [-0.25, -0.2) is 9.97 Å². The molecule has 82 valence electrons. The standard InChI is InChI=1S/C10H8BrClN4/c11-9-6(12)2-1-3-8(9)16-10-7(13)4-14-5-15-10/h1-5H,13H2,(H,14,15,16). The summed E-state index contributed by atoms with van der Waals surface area (Å²) in [5.74, 6) is 0.554. The third kappa shape index (κ3) is 2.25. The van der Waals surface area contributed by atoms with Crippen LogP contribution in [0, 0.1) is 0 Å². The van der Waals surface area contributed by atoms with Gasteiger partial charge in [0.2, 0.25) is 0 Å². The summed E-state index contributed by atoms with van der Waals surface area (Å²) in [5, 5.41) is 3.70. The second-order valence-corrected chi connectivity index (χ2v) is 4.25. The molecular formula is C10H8BrClN4. The normalized spacial score (nSPS) is 10.1. The summed E-state index contributed by atoms with van der Waals surface area (Å²) in [5.41, 5.74) is 7.01. The Morgan fingerprint density at radius 2 is 2.19 bits per heavy atom. The smallest absolute Gasteiger partial charge is 0.157 e. The largest absolute Gasteiger partial charge is 0.394 e. The number of hydrogen-bond acceptors (Lipinski definition) is 4. The lowest BCUT2D eigenvalue weighted by molar-refractivity contribution is 1.17. The molecule has 0 fully saturated rings. The van der Waals surface area contributed by atoms with Crippen LogP contribution in [0.5, 0.6) is 0 Å². The van der Waals surface area contributed by atoms with Gasteiger partial charge in [-0.15, -0.1) is 0 Å². The summed E-state index contributed by atoms with van der Waals surface area (Å²) in [6.07, 6.45) is 2.96. The van der Waals surface area contributed by atoms with Gasteiger partial charge in [0.25, 0.3) is 0 Å². The van der Waals surface area contributed by atoms with Crippen molar-refractivity contribution >= 4 is 44.7 Å². The van der Waals surface area contributed by atoms with Crippen molar-refractivity contribution in [1.82, 2.24) is 9.97 Å². The predicted octanol–water partition coefficient (Wildman–Crippen LogP) is 3.22. The fourth-order valence-corrected chi connectivity index (χ4v) is 1.71. The molecule has 1 heterocycles. The van der Waals surface area contributed by atoms with Gasteiger partial charge in [-0.1, -0.05) is 17.7 Å². The molecule has 0 radical (unpaired) electrons. The van der Waals surface area contributed by atoms with E-state index < -0.39 is 0 Å². The van der Waals surface area contributed by atoms with Crippen molar-refractivity contribution in [3.63, 3.8) is 0 Å². The number of nitrogens with one attached hydrogen (secondary N) is 1. The average molecular weight is 300 g/mol. The summed E-state index contributed by atoms with van der Waals surface area (Å²) in [6.45, 7) is 0. The van der Waals surface area contributed by atoms with Crippen LogP contribution < -0.4 is 11.1 Å². The highest BCUT2D eigenvalue weighted by atomic mass is 79.9. The van der Waals surface area contributed by atoms with Crippen LogP contribution in [-0.4, -0.2) is 9.97 Å². The molecular weight excluding hydrogens is 291 g/mol. The zero-order chi connectivity index (χ0) is 11.5.